The number of aromatic nitrogens is 3. The number of nitrogens with zero attached hydrogens (tertiary/aromatic N) is 3. The lowest BCUT2D eigenvalue weighted by Crippen LogP contribution is -2.37. The Balaban J connectivity index is 1.60. The van der Waals surface area contributed by atoms with Gasteiger partial charge in [0, 0.05) is 18.0 Å². The second-order valence-electron chi connectivity index (χ2n) is 9.08. The molecule has 0 bridgehead atoms. The summed E-state index contributed by atoms with van der Waals surface area (Å²) in [5, 5.41) is 8.75. The molecule has 10 heteroatoms. The molecule has 0 radical (unpaired) electrons. The fraction of sp³-hybridized carbons (Fsp3) is 0.423. The standard InChI is InChI=1S/C26H27N3O7/c1-5-14-10-29(28-27-14)24-16-9-19-18(35-12-36-19)8-15(16)22(23-17(24)11-34-26(23)30)13-6-20(31-2)25(33-4)21(7-13)32-3/h6-10,17,22-24H,5,11-12H2,1-4H3/t17-,22+,23-,24+/m0/s1. The van der Waals surface area contributed by atoms with Crippen molar-refractivity contribution in [3.05, 3.63) is 52.8 Å². The third-order valence-corrected chi connectivity index (χ3v) is 7.40. The number of carbonyl (C=O) groups is 1. The first-order chi connectivity index (χ1) is 17.6. The van der Waals surface area contributed by atoms with E-state index in [1.165, 1.54) is 0 Å². The van der Waals surface area contributed by atoms with Crippen LogP contribution in [-0.2, 0) is 16.0 Å². The molecule has 2 aromatic carbocycles. The Morgan fingerprint density at radius 1 is 0.972 bits per heavy atom. The number of aryl methyl sites for hydroxylation is 1. The first-order valence-corrected chi connectivity index (χ1v) is 11.9. The molecule has 1 aromatic heterocycles. The lowest BCUT2D eigenvalue weighted by Gasteiger charge is -2.39. The number of benzene rings is 2. The molecule has 2 aliphatic heterocycles. The van der Waals surface area contributed by atoms with Gasteiger partial charge in [-0.3, -0.25) is 4.79 Å². The minimum absolute atomic E-state index is 0.149. The lowest BCUT2D eigenvalue weighted by molar-refractivity contribution is -0.141. The second-order valence-corrected chi connectivity index (χ2v) is 9.08. The van der Waals surface area contributed by atoms with Crippen LogP contribution in [0.1, 0.15) is 41.3 Å². The molecule has 1 aliphatic carbocycles. The highest BCUT2D eigenvalue weighted by Crippen LogP contribution is 2.56. The van der Waals surface area contributed by atoms with Crippen LogP contribution in [0.5, 0.6) is 28.7 Å². The van der Waals surface area contributed by atoms with Crippen molar-refractivity contribution in [2.45, 2.75) is 25.3 Å². The molecular weight excluding hydrogens is 466 g/mol. The van der Waals surface area contributed by atoms with E-state index in [1.54, 1.807) is 21.3 Å². The van der Waals surface area contributed by atoms with Crippen LogP contribution in [0.2, 0.25) is 0 Å². The Morgan fingerprint density at radius 3 is 2.28 bits per heavy atom. The summed E-state index contributed by atoms with van der Waals surface area (Å²) in [5.41, 5.74) is 3.66. The molecule has 6 rings (SSSR count). The van der Waals surface area contributed by atoms with Crippen molar-refractivity contribution >= 4 is 5.97 Å². The fourth-order valence-corrected chi connectivity index (χ4v) is 5.76. The van der Waals surface area contributed by atoms with Gasteiger partial charge in [0.15, 0.2) is 23.0 Å². The number of hydrogen-bond donors (Lipinski definition) is 0. The molecular formula is C26H27N3O7. The topological polar surface area (TPSA) is 103 Å². The van der Waals surface area contributed by atoms with Gasteiger partial charge in [-0.15, -0.1) is 5.10 Å². The quantitative estimate of drug-likeness (QED) is 0.479. The summed E-state index contributed by atoms with van der Waals surface area (Å²) in [5.74, 6) is 1.62. The van der Waals surface area contributed by atoms with Crippen LogP contribution in [0.4, 0.5) is 0 Å². The van der Waals surface area contributed by atoms with E-state index in [2.05, 4.69) is 10.3 Å². The van der Waals surface area contributed by atoms with Gasteiger partial charge in [-0.1, -0.05) is 12.1 Å². The summed E-state index contributed by atoms with van der Waals surface area (Å²) >= 11 is 0. The lowest BCUT2D eigenvalue weighted by atomic mass is 9.65. The fourth-order valence-electron chi connectivity index (χ4n) is 5.76. The first-order valence-electron chi connectivity index (χ1n) is 11.9. The smallest absolute Gasteiger partial charge is 0.310 e. The molecule has 10 nitrogen and oxygen atoms in total. The highest BCUT2D eigenvalue weighted by atomic mass is 16.7. The summed E-state index contributed by atoms with van der Waals surface area (Å²) in [4.78, 5) is 13.3. The van der Waals surface area contributed by atoms with E-state index in [0.29, 0.717) is 28.7 Å². The zero-order valence-electron chi connectivity index (χ0n) is 20.5. The highest BCUT2D eigenvalue weighted by molar-refractivity contribution is 5.79. The first kappa shape index (κ1) is 22.5. The molecule has 4 atom stereocenters. The number of carbonyl (C=O) groups excluding carboxylic acids is 1. The van der Waals surface area contributed by atoms with Gasteiger partial charge in [0.25, 0.3) is 0 Å². The van der Waals surface area contributed by atoms with Crippen LogP contribution >= 0.6 is 0 Å². The van der Waals surface area contributed by atoms with Gasteiger partial charge in [-0.25, -0.2) is 4.68 Å². The zero-order chi connectivity index (χ0) is 25.0. The minimum Gasteiger partial charge on any atom is -0.493 e. The molecule has 1 saturated heterocycles. The predicted molar refractivity (Wildman–Crippen MR) is 126 cm³/mol. The zero-order valence-corrected chi connectivity index (χ0v) is 20.5. The van der Waals surface area contributed by atoms with Crippen LogP contribution < -0.4 is 23.7 Å². The average molecular weight is 494 g/mol. The van der Waals surface area contributed by atoms with Crippen LogP contribution in [-0.4, -0.2) is 55.7 Å². The van der Waals surface area contributed by atoms with E-state index in [1.807, 2.05) is 42.1 Å². The summed E-state index contributed by atoms with van der Waals surface area (Å²) in [7, 11) is 4.72. The van der Waals surface area contributed by atoms with Crippen LogP contribution in [0, 0.1) is 11.8 Å². The third-order valence-electron chi connectivity index (χ3n) is 7.40. The Morgan fingerprint density at radius 2 is 1.67 bits per heavy atom. The molecule has 0 unspecified atom stereocenters. The molecule has 1 fully saturated rings. The second kappa shape index (κ2) is 8.61. The Hall–Kier alpha value is -3.95. The molecule has 188 valence electrons. The van der Waals surface area contributed by atoms with Gasteiger partial charge >= 0.3 is 5.97 Å². The van der Waals surface area contributed by atoms with Gasteiger partial charge in [0.1, 0.15) is 0 Å². The van der Waals surface area contributed by atoms with Crippen molar-refractivity contribution in [1.82, 2.24) is 15.0 Å². The van der Waals surface area contributed by atoms with E-state index >= 15 is 0 Å². The van der Waals surface area contributed by atoms with Crippen molar-refractivity contribution in [1.29, 1.82) is 0 Å². The number of rotatable bonds is 6. The number of ether oxygens (including phenoxy) is 6. The van der Waals surface area contributed by atoms with E-state index in [-0.39, 0.29) is 37.2 Å². The van der Waals surface area contributed by atoms with Gasteiger partial charge in [0.05, 0.1) is 45.6 Å². The SMILES string of the molecule is CCc1cn([C@@H]2c3cc4c(cc3[C@@H](c3cc(OC)c(OC)c(OC)c3)[C@H]3C(=O)OC[C@@H]32)OCO4)nn1. The van der Waals surface area contributed by atoms with Gasteiger partial charge in [-0.2, -0.15) is 0 Å². The summed E-state index contributed by atoms with van der Waals surface area (Å²) < 4.78 is 35.8. The van der Waals surface area contributed by atoms with E-state index < -0.39 is 5.92 Å². The van der Waals surface area contributed by atoms with Crippen molar-refractivity contribution in [2.75, 3.05) is 34.7 Å². The highest BCUT2D eigenvalue weighted by Gasteiger charge is 2.53. The van der Waals surface area contributed by atoms with Crippen molar-refractivity contribution in [3.8, 4) is 28.7 Å². The molecule has 0 spiro atoms. The maximum Gasteiger partial charge on any atom is 0.310 e. The number of hydrogen-bond acceptors (Lipinski definition) is 9. The van der Waals surface area contributed by atoms with E-state index in [0.717, 1.165) is 28.8 Å². The Bertz CT molecular complexity index is 1310. The molecule has 0 saturated carbocycles. The molecule has 3 heterocycles. The normalized spacial score (nSPS) is 23.6. The van der Waals surface area contributed by atoms with Crippen molar-refractivity contribution < 1.29 is 33.2 Å². The summed E-state index contributed by atoms with van der Waals surface area (Å²) in [6.45, 7) is 2.47. The number of esters is 1. The maximum absolute atomic E-state index is 13.3. The van der Waals surface area contributed by atoms with Crippen molar-refractivity contribution in [2.24, 2.45) is 11.8 Å². The predicted octanol–water partition coefficient (Wildman–Crippen LogP) is 3.12. The van der Waals surface area contributed by atoms with Gasteiger partial charge in [-0.05, 0) is 47.4 Å². The molecule has 3 aromatic rings. The van der Waals surface area contributed by atoms with E-state index in [9.17, 15) is 4.79 Å². The number of cyclic esters (lactones) is 1. The number of methoxy groups -OCH3 is 3. The molecule has 0 N–H and O–H groups in total. The molecule has 36 heavy (non-hydrogen) atoms. The maximum atomic E-state index is 13.3. The minimum atomic E-state index is -0.458. The summed E-state index contributed by atoms with van der Waals surface area (Å²) in [6, 6.07) is 7.51. The average Bonchev–Trinajstić information content (AvgIpc) is 3.65. The van der Waals surface area contributed by atoms with E-state index in [4.69, 9.17) is 28.4 Å². The Labute approximate surface area is 208 Å². The monoisotopic (exact) mass is 493 g/mol. The van der Waals surface area contributed by atoms with Crippen LogP contribution in [0.15, 0.2) is 30.5 Å². The number of fused-ring (bicyclic) bond motifs is 3. The summed E-state index contributed by atoms with van der Waals surface area (Å²) in [6.07, 6.45) is 2.71. The van der Waals surface area contributed by atoms with Crippen LogP contribution in [0.25, 0.3) is 0 Å². The molecule has 0 amide bonds. The molecule has 3 aliphatic rings. The van der Waals surface area contributed by atoms with Gasteiger partial charge in [0.2, 0.25) is 12.5 Å². The Kier molecular flexibility index (Phi) is 5.39. The van der Waals surface area contributed by atoms with Crippen molar-refractivity contribution in [3.63, 3.8) is 0 Å². The third kappa shape index (κ3) is 3.27. The van der Waals surface area contributed by atoms with Crippen LogP contribution in [0.3, 0.4) is 0 Å². The largest absolute Gasteiger partial charge is 0.493 e. The van der Waals surface area contributed by atoms with Gasteiger partial charge < -0.3 is 28.4 Å².